The number of benzene rings is 1. The minimum absolute atomic E-state index is 0.208. The van der Waals surface area contributed by atoms with E-state index in [1.54, 1.807) is 24.3 Å². The normalized spacial score (nSPS) is 20.2. The fourth-order valence-corrected chi connectivity index (χ4v) is 4.62. The van der Waals surface area contributed by atoms with E-state index in [9.17, 15) is 8.42 Å². The summed E-state index contributed by atoms with van der Waals surface area (Å²) in [7, 11) is -1.67. The third-order valence-electron chi connectivity index (χ3n) is 3.89. The highest BCUT2D eigenvalue weighted by Crippen LogP contribution is 2.30. The van der Waals surface area contributed by atoms with Gasteiger partial charge in [0.25, 0.3) is 0 Å². The van der Waals surface area contributed by atoms with E-state index in [4.69, 9.17) is 11.6 Å². The first-order chi connectivity index (χ1) is 10.0. The van der Waals surface area contributed by atoms with Crippen molar-refractivity contribution in [3.05, 3.63) is 35.6 Å². The van der Waals surface area contributed by atoms with E-state index in [1.165, 1.54) is 10.5 Å². The molecular weight excluding hydrogens is 310 g/mol. The van der Waals surface area contributed by atoms with Crippen molar-refractivity contribution in [2.24, 2.45) is 0 Å². The molecule has 0 amide bonds. The van der Waals surface area contributed by atoms with Crippen LogP contribution in [0.25, 0.3) is 10.8 Å². The SMILES string of the molecule is CNC1CCN(S(=O)(=O)c2cccc3c(Cl)nccc23)C1. The number of rotatable bonds is 3. The van der Waals surface area contributed by atoms with Crippen LogP contribution in [0.4, 0.5) is 0 Å². The molecule has 0 radical (unpaired) electrons. The number of sulfonamides is 1. The summed E-state index contributed by atoms with van der Waals surface area (Å²) < 4.78 is 27.2. The highest BCUT2D eigenvalue weighted by molar-refractivity contribution is 7.89. The molecular formula is C14H16ClN3O2S. The van der Waals surface area contributed by atoms with Crippen LogP contribution < -0.4 is 5.32 Å². The van der Waals surface area contributed by atoms with Gasteiger partial charge >= 0.3 is 0 Å². The van der Waals surface area contributed by atoms with Gasteiger partial charge in [-0.3, -0.25) is 0 Å². The summed E-state index contributed by atoms with van der Waals surface area (Å²) in [5.41, 5.74) is 0. The van der Waals surface area contributed by atoms with Gasteiger partial charge in [0.05, 0.1) is 4.90 Å². The fraction of sp³-hybridized carbons (Fsp3) is 0.357. The Morgan fingerprint density at radius 1 is 1.33 bits per heavy atom. The van der Waals surface area contributed by atoms with Crippen molar-refractivity contribution in [2.75, 3.05) is 20.1 Å². The number of halogens is 1. The van der Waals surface area contributed by atoms with E-state index in [0.29, 0.717) is 33.9 Å². The van der Waals surface area contributed by atoms with E-state index in [2.05, 4.69) is 10.3 Å². The number of hydrogen-bond donors (Lipinski definition) is 1. The number of pyridine rings is 1. The second kappa shape index (κ2) is 5.53. The lowest BCUT2D eigenvalue weighted by atomic mass is 10.2. The average molecular weight is 326 g/mol. The molecule has 0 saturated carbocycles. The van der Waals surface area contributed by atoms with Crippen LogP contribution >= 0.6 is 11.6 Å². The van der Waals surface area contributed by atoms with E-state index in [0.717, 1.165) is 6.42 Å². The van der Waals surface area contributed by atoms with E-state index in [1.807, 2.05) is 7.05 Å². The van der Waals surface area contributed by atoms with Crippen LogP contribution in [-0.2, 0) is 10.0 Å². The smallest absolute Gasteiger partial charge is 0.243 e. The minimum Gasteiger partial charge on any atom is -0.316 e. The van der Waals surface area contributed by atoms with Crippen LogP contribution in [0.15, 0.2) is 35.4 Å². The third kappa shape index (κ3) is 2.53. The number of nitrogens with one attached hydrogen (secondary N) is 1. The van der Waals surface area contributed by atoms with E-state index < -0.39 is 10.0 Å². The van der Waals surface area contributed by atoms with Crippen molar-refractivity contribution >= 4 is 32.4 Å². The first-order valence-corrected chi connectivity index (χ1v) is 8.56. The maximum Gasteiger partial charge on any atom is 0.243 e. The van der Waals surface area contributed by atoms with Crippen molar-refractivity contribution in [3.8, 4) is 0 Å². The monoisotopic (exact) mass is 325 g/mol. The summed E-state index contributed by atoms with van der Waals surface area (Å²) in [6, 6.07) is 7.01. The molecule has 21 heavy (non-hydrogen) atoms. The third-order valence-corrected chi connectivity index (χ3v) is 6.12. The molecule has 1 aromatic carbocycles. The quantitative estimate of drug-likeness (QED) is 0.875. The van der Waals surface area contributed by atoms with Gasteiger partial charge in [-0.1, -0.05) is 23.7 Å². The molecule has 1 atom stereocenters. The molecule has 1 aliphatic rings. The molecule has 3 rings (SSSR count). The Morgan fingerprint density at radius 3 is 2.86 bits per heavy atom. The van der Waals surface area contributed by atoms with E-state index in [-0.39, 0.29) is 6.04 Å². The summed E-state index contributed by atoms with van der Waals surface area (Å²) >= 11 is 6.05. The summed E-state index contributed by atoms with van der Waals surface area (Å²) in [5, 5.41) is 4.72. The second-order valence-electron chi connectivity index (χ2n) is 5.09. The molecule has 2 aromatic rings. The Bertz CT molecular complexity index is 779. The molecule has 0 spiro atoms. The zero-order chi connectivity index (χ0) is 15.0. The molecule has 1 saturated heterocycles. The van der Waals surface area contributed by atoms with Gasteiger partial charge in [0.15, 0.2) is 0 Å². The largest absolute Gasteiger partial charge is 0.316 e. The molecule has 112 valence electrons. The van der Waals surface area contributed by atoms with Gasteiger partial charge in [-0.2, -0.15) is 4.31 Å². The Balaban J connectivity index is 2.10. The van der Waals surface area contributed by atoms with Crippen molar-refractivity contribution < 1.29 is 8.42 Å². The van der Waals surface area contributed by atoms with Gasteiger partial charge < -0.3 is 5.32 Å². The molecule has 1 aliphatic heterocycles. The lowest BCUT2D eigenvalue weighted by Gasteiger charge is -2.18. The van der Waals surface area contributed by atoms with Crippen LogP contribution in [0, 0.1) is 0 Å². The molecule has 1 fully saturated rings. The zero-order valence-corrected chi connectivity index (χ0v) is 13.2. The van der Waals surface area contributed by atoms with Gasteiger partial charge in [0.2, 0.25) is 10.0 Å². The maximum absolute atomic E-state index is 12.9. The van der Waals surface area contributed by atoms with Crippen LogP contribution in [0.1, 0.15) is 6.42 Å². The molecule has 2 heterocycles. The topological polar surface area (TPSA) is 62.3 Å². The van der Waals surface area contributed by atoms with Crippen LogP contribution in [0.3, 0.4) is 0 Å². The van der Waals surface area contributed by atoms with Crippen molar-refractivity contribution in [1.82, 2.24) is 14.6 Å². The van der Waals surface area contributed by atoms with Gasteiger partial charge in [-0.05, 0) is 25.6 Å². The van der Waals surface area contributed by atoms with Gasteiger partial charge in [0.1, 0.15) is 5.15 Å². The average Bonchev–Trinajstić information content (AvgIpc) is 2.97. The predicted molar refractivity (Wildman–Crippen MR) is 83.0 cm³/mol. The number of hydrogen-bond acceptors (Lipinski definition) is 4. The summed E-state index contributed by atoms with van der Waals surface area (Å²) in [4.78, 5) is 4.29. The molecule has 0 bridgehead atoms. The fourth-order valence-electron chi connectivity index (χ4n) is 2.69. The maximum atomic E-state index is 12.9. The Labute approximate surface area is 129 Å². The second-order valence-corrected chi connectivity index (χ2v) is 7.35. The first kappa shape index (κ1) is 14.7. The van der Waals surface area contributed by atoms with E-state index >= 15 is 0 Å². The first-order valence-electron chi connectivity index (χ1n) is 6.74. The van der Waals surface area contributed by atoms with Gasteiger partial charge in [-0.25, -0.2) is 13.4 Å². The van der Waals surface area contributed by atoms with Crippen LogP contribution in [-0.4, -0.2) is 43.9 Å². The van der Waals surface area contributed by atoms with Crippen molar-refractivity contribution in [2.45, 2.75) is 17.4 Å². The highest BCUT2D eigenvalue weighted by atomic mass is 35.5. The Morgan fingerprint density at radius 2 is 2.14 bits per heavy atom. The summed E-state index contributed by atoms with van der Waals surface area (Å²) in [6.07, 6.45) is 2.35. The number of fused-ring (bicyclic) bond motifs is 1. The molecule has 5 nitrogen and oxygen atoms in total. The Hall–Kier alpha value is -1.21. The van der Waals surface area contributed by atoms with Crippen LogP contribution in [0.2, 0.25) is 5.15 Å². The lowest BCUT2D eigenvalue weighted by molar-refractivity contribution is 0.465. The zero-order valence-electron chi connectivity index (χ0n) is 11.6. The molecule has 0 aliphatic carbocycles. The minimum atomic E-state index is -3.52. The predicted octanol–water partition coefficient (Wildman–Crippen LogP) is 1.87. The standard InChI is InChI=1S/C14H16ClN3O2S/c1-16-10-6-8-18(9-10)21(19,20)13-4-2-3-12-11(13)5-7-17-14(12)15/h2-5,7,10,16H,6,8-9H2,1H3. The molecule has 1 aromatic heterocycles. The molecule has 7 heteroatoms. The summed E-state index contributed by atoms with van der Waals surface area (Å²) in [6.45, 7) is 1.02. The highest BCUT2D eigenvalue weighted by Gasteiger charge is 2.32. The van der Waals surface area contributed by atoms with Crippen molar-refractivity contribution in [3.63, 3.8) is 0 Å². The lowest BCUT2D eigenvalue weighted by Crippen LogP contribution is -2.33. The molecule has 1 unspecified atom stereocenters. The van der Waals surface area contributed by atoms with Gasteiger partial charge in [0, 0.05) is 36.1 Å². The number of nitrogens with zero attached hydrogens (tertiary/aromatic N) is 2. The number of aromatic nitrogens is 1. The number of likely N-dealkylation sites (N-methyl/N-ethyl adjacent to an activating group) is 1. The van der Waals surface area contributed by atoms with Gasteiger partial charge in [-0.15, -0.1) is 0 Å². The van der Waals surface area contributed by atoms with Crippen molar-refractivity contribution in [1.29, 1.82) is 0 Å². The van der Waals surface area contributed by atoms with Crippen LogP contribution in [0.5, 0.6) is 0 Å². The summed E-state index contributed by atoms with van der Waals surface area (Å²) in [5.74, 6) is 0. The molecule has 1 N–H and O–H groups in total. The Kier molecular flexibility index (Phi) is 3.88.